The van der Waals surface area contributed by atoms with Crippen LogP contribution in [0.1, 0.15) is 32.8 Å². The number of aliphatic hydroxyl groups is 1. The summed E-state index contributed by atoms with van der Waals surface area (Å²) in [7, 11) is 0. The number of nitrogens with one attached hydrogen (secondary N) is 1. The van der Waals surface area contributed by atoms with Crippen LogP contribution in [0.2, 0.25) is 5.02 Å². The molecule has 0 heterocycles. The highest BCUT2D eigenvalue weighted by Crippen LogP contribution is 2.23. The molecule has 1 amide bonds. The van der Waals surface area contributed by atoms with E-state index in [-0.39, 0.29) is 36.1 Å². The van der Waals surface area contributed by atoms with Crippen LogP contribution in [0.4, 0.5) is 0 Å². The van der Waals surface area contributed by atoms with Gasteiger partial charge in [-0.05, 0) is 29.5 Å². The van der Waals surface area contributed by atoms with Crippen LogP contribution in [0.3, 0.4) is 0 Å². The maximum atomic E-state index is 12.0. The predicted octanol–water partition coefficient (Wildman–Crippen LogP) is 2.50. The highest BCUT2D eigenvalue weighted by Gasteiger charge is 2.20. The highest BCUT2D eigenvalue weighted by atomic mass is 35.5. The van der Waals surface area contributed by atoms with Crippen molar-refractivity contribution in [2.24, 2.45) is 5.41 Å². The largest absolute Gasteiger partial charge is 0.508 e. The second-order valence-corrected chi connectivity index (χ2v) is 6.57. The molecule has 0 aliphatic heterocycles. The summed E-state index contributed by atoms with van der Waals surface area (Å²) in [6, 6.07) is 4.25. The van der Waals surface area contributed by atoms with Gasteiger partial charge in [0, 0.05) is 5.02 Å². The van der Waals surface area contributed by atoms with Crippen LogP contribution < -0.4 is 5.32 Å². The molecule has 4 nitrogen and oxygen atoms in total. The lowest BCUT2D eigenvalue weighted by Gasteiger charge is -2.25. The molecule has 0 saturated carbocycles. The zero-order valence-electron chi connectivity index (χ0n) is 12.1. The summed E-state index contributed by atoms with van der Waals surface area (Å²) in [6.45, 7) is 6.07. The van der Waals surface area contributed by atoms with Crippen molar-refractivity contribution < 1.29 is 15.0 Å². The van der Waals surface area contributed by atoms with Gasteiger partial charge in [0.05, 0.1) is 19.1 Å². The van der Waals surface area contributed by atoms with Crippen molar-refractivity contribution in [3.63, 3.8) is 0 Å². The highest BCUT2D eigenvalue weighted by molar-refractivity contribution is 6.31. The number of aliphatic hydroxyl groups excluding tert-OH is 1. The standard InChI is InChI=1S/C15H22ClNO3/c1-15(2,3)8-11(9-18)17-14(20)6-10-4-5-12(19)7-13(10)16/h4-5,7,11,18-19H,6,8-9H2,1-3H3,(H,17,20)/t11-/m1/s1. The SMILES string of the molecule is CC(C)(C)C[C@H](CO)NC(=O)Cc1ccc(O)cc1Cl. The Hall–Kier alpha value is -1.26. The van der Waals surface area contributed by atoms with Crippen molar-refractivity contribution in [3.8, 4) is 5.75 Å². The van der Waals surface area contributed by atoms with Gasteiger partial charge in [-0.15, -0.1) is 0 Å². The van der Waals surface area contributed by atoms with Gasteiger partial charge in [0.15, 0.2) is 0 Å². The predicted molar refractivity (Wildman–Crippen MR) is 79.9 cm³/mol. The van der Waals surface area contributed by atoms with Crippen molar-refractivity contribution in [1.29, 1.82) is 0 Å². The summed E-state index contributed by atoms with van der Waals surface area (Å²) >= 11 is 5.96. The second-order valence-electron chi connectivity index (χ2n) is 6.16. The van der Waals surface area contributed by atoms with Crippen LogP contribution in [0.5, 0.6) is 5.75 Å². The normalized spacial score (nSPS) is 13.1. The van der Waals surface area contributed by atoms with Crippen molar-refractivity contribution in [3.05, 3.63) is 28.8 Å². The van der Waals surface area contributed by atoms with E-state index in [9.17, 15) is 15.0 Å². The van der Waals surface area contributed by atoms with Gasteiger partial charge in [0.25, 0.3) is 0 Å². The van der Waals surface area contributed by atoms with E-state index < -0.39 is 0 Å². The van der Waals surface area contributed by atoms with Crippen LogP contribution in [-0.4, -0.2) is 28.8 Å². The van der Waals surface area contributed by atoms with Crippen molar-refractivity contribution in [2.45, 2.75) is 39.7 Å². The fraction of sp³-hybridized carbons (Fsp3) is 0.533. The molecule has 112 valence electrons. The third kappa shape index (κ3) is 5.80. The Morgan fingerprint density at radius 1 is 1.40 bits per heavy atom. The summed E-state index contributed by atoms with van der Waals surface area (Å²) in [4.78, 5) is 12.0. The number of amides is 1. The van der Waals surface area contributed by atoms with E-state index >= 15 is 0 Å². The lowest BCUT2D eigenvalue weighted by atomic mass is 9.88. The average Bonchev–Trinajstić information content (AvgIpc) is 2.30. The number of phenols is 1. The summed E-state index contributed by atoms with van der Waals surface area (Å²) < 4.78 is 0. The summed E-state index contributed by atoms with van der Waals surface area (Å²) in [5.74, 6) is -0.124. The maximum Gasteiger partial charge on any atom is 0.224 e. The molecule has 5 heteroatoms. The molecule has 1 aromatic carbocycles. The van der Waals surface area contributed by atoms with E-state index in [0.29, 0.717) is 17.0 Å². The molecule has 0 unspecified atom stereocenters. The van der Waals surface area contributed by atoms with Gasteiger partial charge in [0.2, 0.25) is 5.91 Å². The minimum atomic E-state index is -0.265. The lowest BCUT2D eigenvalue weighted by molar-refractivity contribution is -0.121. The Morgan fingerprint density at radius 2 is 2.05 bits per heavy atom. The second kappa shape index (κ2) is 6.95. The number of hydrogen-bond acceptors (Lipinski definition) is 3. The number of rotatable bonds is 5. The first-order chi connectivity index (χ1) is 9.21. The Morgan fingerprint density at radius 3 is 2.55 bits per heavy atom. The van der Waals surface area contributed by atoms with E-state index in [2.05, 4.69) is 26.1 Å². The van der Waals surface area contributed by atoms with Gasteiger partial charge in [-0.3, -0.25) is 4.79 Å². The molecule has 0 aliphatic carbocycles. The minimum absolute atomic E-state index is 0.0247. The van der Waals surface area contributed by atoms with Crippen LogP contribution in [0.25, 0.3) is 0 Å². The molecular formula is C15H22ClNO3. The number of benzene rings is 1. The van der Waals surface area contributed by atoms with Gasteiger partial charge >= 0.3 is 0 Å². The number of halogens is 1. The monoisotopic (exact) mass is 299 g/mol. The molecule has 0 bridgehead atoms. The van der Waals surface area contributed by atoms with Crippen molar-refractivity contribution in [2.75, 3.05) is 6.61 Å². The van der Waals surface area contributed by atoms with E-state index in [1.807, 2.05) is 0 Å². The number of aromatic hydroxyl groups is 1. The fourth-order valence-corrected chi connectivity index (χ4v) is 2.27. The molecule has 0 saturated heterocycles. The molecule has 0 aromatic heterocycles. The zero-order chi connectivity index (χ0) is 15.3. The molecule has 0 fully saturated rings. The van der Waals surface area contributed by atoms with Crippen LogP contribution in [0.15, 0.2) is 18.2 Å². The van der Waals surface area contributed by atoms with Gasteiger partial charge in [-0.25, -0.2) is 0 Å². The Balaban J connectivity index is 2.62. The summed E-state index contributed by atoms with van der Waals surface area (Å²) in [5, 5.41) is 21.7. The minimum Gasteiger partial charge on any atom is -0.508 e. The smallest absolute Gasteiger partial charge is 0.224 e. The molecule has 0 radical (unpaired) electrons. The van der Waals surface area contributed by atoms with E-state index in [1.165, 1.54) is 12.1 Å². The lowest BCUT2D eigenvalue weighted by Crippen LogP contribution is -2.40. The molecule has 0 spiro atoms. The zero-order valence-corrected chi connectivity index (χ0v) is 12.9. The first-order valence-corrected chi connectivity index (χ1v) is 6.96. The average molecular weight is 300 g/mol. The van der Waals surface area contributed by atoms with Gasteiger partial charge in [-0.1, -0.05) is 38.4 Å². The molecule has 1 atom stereocenters. The molecule has 3 N–H and O–H groups in total. The van der Waals surface area contributed by atoms with E-state index in [0.717, 1.165) is 0 Å². The van der Waals surface area contributed by atoms with Gasteiger partial charge in [-0.2, -0.15) is 0 Å². The first-order valence-electron chi connectivity index (χ1n) is 6.59. The number of carbonyl (C=O) groups is 1. The fourth-order valence-electron chi connectivity index (χ4n) is 2.03. The number of hydrogen-bond donors (Lipinski definition) is 3. The van der Waals surface area contributed by atoms with Crippen LogP contribution >= 0.6 is 11.6 Å². The Labute approximate surface area is 124 Å². The molecule has 0 aliphatic rings. The Kier molecular flexibility index (Phi) is 5.84. The number of phenolic OH excluding ortho intramolecular Hbond substituents is 1. The van der Waals surface area contributed by atoms with Gasteiger partial charge < -0.3 is 15.5 Å². The molecule has 20 heavy (non-hydrogen) atoms. The number of carbonyl (C=O) groups excluding carboxylic acids is 1. The quantitative estimate of drug-likeness (QED) is 0.782. The molecule has 1 rings (SSSR count). The van der Waals surface area contributed by atoms with Crippen molar-refractivity contribution in [1.82, 2.24) is 5.32 Å². The third-order valence-electron chi connectivity index (χ3n) is 2.83. The third-order valence-corrected chi connectivity index (χ3v) is 3.18. The van der Waals surface area contributed by atoms with Crippen LogP contribution in [-0.2, 0) is 11.2 Å². The summed E-state index contributed by atoms with van der Waals surface area (Å²) in [5.41, 5.74) is 0.672. The molecular weight excluding hydrogens is 278 g/mol. The Bertz CT molecular complexity index is 469. The molecule has 1 aromatic rings. The van der Waals surface area contributed by atoms with Crippen molar-refractivity contribution >= 4 is 17.5 Å². The van der Waals surface area contributed by atoms with E-state index in [1.54, 1.807) is 6.07 Å². The van der Waals surface area contributed by atoms with E-state index in [4.69, 9.17) is 11.6 Å². The first kappa shape index (κ1) is 16.8. The maximum absolute atomic E-state index is 12.0. The topological polar surface area (TPSA) is 69.6 Å². The van der Waals surface area contributed by atoms with Gasteiger partial charge in [0.1, 0.15) is 5.75 Å². The summed E-state index contributed by atoms with van der Waals surface area (Å²) in [6.07, 6.45) is 0.818. The van der Waals surface area contributed by atoms with Crippen LogP contribution in [0, 0.1) is 5.41 Å².